The SMILES string of the molecule is O=C(O)C(F)(F)C1(c2ccccc2)CC1. The van der Waals surface area contributed by atoms with Crippen LogP contribution in [0.3, 0.4) is 0 Å². The molecule has 1 aromatic carbocycles. The van der Waals surface area contributed by atoms with Crippen LogP contribution in [0.2, 0.25) is 0 Å². The average molecular weight is 212 g/mol. The van der Waals surface area contributed by atoms with E-state index in [-0.39, 0.29) is 12.8 Å². The van der Waals surface area contributed by atoms with Crippen molar-refractivity contribution >= 4 is 5.97 Å². The maximum Gasteiger partial charge on any atom is 0.375 e. The molecular formula is C11H10F2O2. The average Bonchev–Trinajstić information content (AvgIpc) is 3.00. The van der Waals surface area contributed by atoms with Gasteiger partial charge in [0.15, 0.2) is 0 Å². The highest BCUT2D eigenvalue weighted by molar-refractivity contribution is 5.79. The Morgan fingerprint density at radius 3 is 2.20 bits per heavy atom. The van der Waals surface area contributed by atoms with Crippen LogP contribution in [0.4, 0.5) is 8.78 Å². The normalized spacial score (nSPS) is 18.5. The van der Waals surface area contributed by atoms with Gasteiger partial charge in [-0.15, -0.1) is 0 Å². The maximum atomic E-state index is 13.5. The van der Waals surface area contributed by atoms with E-state index >= 15 is 0 Å². The van der Waals surface area contributed by atoms with Crippen LogP contribution in [0.5, 0.6) is 0 Å². The van der Waals surface area contributed by atoms with Crippen LogP contribution in [-0.2, 0) is 10.2 Å². The summed E-state index contributed by atoms with van der Waals surface area (Å²) in [5.41, 5.74) is -1.06. The lowest BCUT2D eigenvalue weighted by molar-refractivity contribution is -0.170. The van der Waals surface area contributed by atoms with E-state index in [1.54, 1.807) is 30.3 Å². The molecule has 1 fully saturated rings. The van der Waals surface area contributed by atoms with E-state index in [1.165, 1.54) is 0 Å². The number of carboxylic acid groups (broad SMARTS) is 1. The van der Waals surface area contributed by atoms with Crippen LogP contribution in [0.25, 0.3) is 0 Å². The minimum atomic E-state index is -3.67. The summed E-state index contributed by atoms with van der Waals surface area (Å²) in [7, 11) is 0. The zero-order chi connectivity index (χ0) is 11.1. The Kier molecular flexibility index (Phi) is 2.03. The first-order valence-corrected chi connectivity index (χ1v) is 4.67. The molecule has 0 saturated heterocycles. The molecular weight excluding hydrogens is 202 g/mol. The Bertz CT molecular complexity index is 383. The van der Waals surface area contributed by atoms with Crippen molar-refractivity contribution < 1.29 is 18.7 Å². The van der Waals surface area contributed by atoms with Gasteiger partial charge >= 0.3 is 11.9 Å². The minimum absolute atomic E-state index is 0.232. The number of aliphatic carboxylic acids is 1. The summed E-state index contributed by atoms with van der Waals surface area (Å²) < 4.78 is 26.9. The highest BCUT2D eigenvalue weighted by atomic mass is 19.3. The first-order chi connectivity index (χ1) is 7.01. The van der Waals surface area contributed by atoms with Gasteiger partial charge < -0.3 is 5.11 Å². The molecule has 4 heteroatoms. The lowest BCUT2D eigenvalue weighted by Gasteiger charge is -2.23. The first kappa shape index (κ1) is 10.1. The van der Waals surface area contributed by atoms with Crippen molar-refractivity contribution in [3.8, 4) is 0 Å². The third kappa shape index (κ3) is 1.32. The topological polar surface area (TPSA) is 37.3 Å². The van der Waals surface area contributed by atoms with Gasteiger partial charge in [-0.25, -0.2) is 4.79 Å². The highest BCUT2D eigenvalue weighted by Gasteiger charge is 2.67. The van der Waals surface area contributed by atoms with Gasteiger partial charge in [0, 0.05) is 0 Å². The maximum absolute atomic E-state index is 13.5. The summed E-state index contributed by atoms with van der Waals surface area (Å²) in [5, 5.41) is 8.53. The van der Waals surface area contributed by atoms with Gasteiger partial charge in [-0.2, -0.15) is 8.78 Å². The predicted molar refractivity (Wildman–Crippen MR) is 49.9 cm³/mol. The fourth-order valence-electron chi connectivity index (χ4n) is 1.87. The van der Waals surface area contributed by atoms with E-state index in [9.17, 15) is 13.6 Å². The third-order valence-corrected chi connectivity index (χ3v) is 2.95. The van der Waals surface area contributed by atoms with Gasteiger partial charge in [0.2, 0.25) is 0 Å². The van der Waals surface area contributed by atoms with Crippen molar-refractivity contribution in [1.82, 2.24) is 0 Å². The van der Waals surface area contributed by atoms with E-state index in [2.05, 4.69) is 0 Å². The van der Waals surface area contributed by atoms with E-state index in [4.69, 9.17) is 5.11 Å². The van der Waals surface area contributed by atoms with E-state index in [1.807, 2.05) is 0 Å². The summed E-state index contributed by atoms with van der Waals surface area (Å²) in [6.07, 6.45) is 0.465. The fraction of sp³-hybridized carbons (Fsp3) is 0.364. The first-order valence-electron chi connectivity index (χ1n) is 4.67. The Labute approximate surface area is 85.5 Å². The van der Waals surface area contributed by atoms with Crippen molar-refractivity contribution in [1.29, 1.82) is 0 Å². The lowest BCUT2D eigenvalue weighted by Crippen LogP contribution is -2.41. The summed E-state index contributed by atoms with van der Waals surface area (Å²) in [6.45, 7) is 0. The molecule has 0 unspecified atom stereocenters. The molecule has 0 heterocycles. The molecule has 1 aromatic rings. The summed E-state index contributed by atoms with van der Waals surface area (Å²) in [5.74, 6) is -5.71. The molecule has 0 amide bonds. The van der Waals surface area contributed by atoms with Gasteiger partial charge in [-0.3, -0.25) is 0 Å². The van der Waals surface area contributed by atoms with Crippen molar-refractivity contribution in [3.63, 3.8) is 0 Å². The smallest absolute Gasteiger partial charge is 0.375 e. The fourth-order valence-corrected chi connectivity index (χ4v) is 1.87. The second-order valence-electron chi connectivity index (χ2n) is 3.83. The molecule has 0 radical (unpaired) electrons. The van der Waals surface area contributed by atoms with Crippen molar-refractivity contribution in [2.45, 2.75) is 24.2 Å². The number of carboxylic acids is 1. The Hall–Kier alpha value is -1.45. The molecule has 0 bridgehead atoms. The van der Waals surface area contributed by atoms with Crippen molar-refractivity contribution in [3.05, 3.63) is 35.9 Å². The molecule has 2 nitrogen and oxygen atoms in total. The van der Waals surface area contributed by atoms with Gasteiger partial charge in [0.1, 0.15) is 0 Å². The molecule has 1 N–H and O–H groups in total. The quantitative estimate of drug-likeness (QED) is 0.835. The molecule has 2 rings (SSSR count). The second-order valence-corrected chi connectivity index (χ2v) is 3.83. The Balaban J connectivity index is 2.41. The predicted octanol–water partition coefficient (Wildman–Crippen LogP) is 2.44. The van der Waals surface area contributed by atoms with Crippen LogP contribution in [0, 0.1) is 0 Å². The monoisotopic (exact) mass is 212 g/mol. The number of rotatable bonds is 3. The molecule has 0 aliphatic heterocycles. The van der Waals surface area contributed by atoms with Gasteiger partial charge in [-0.1, -0.05) is 30.3 Å². The molecule has 80 valence electrons. The molecule has 1 aliphatic carbocycles. The van der Waals surface area contributed by atoms with Crippen LogP contribution < -0.4 is 0 Å². The Morgan fingerprint density at radius 2 is 1.80 bits per heavy atom. The standard InChI is InChI=1S/C11H10F2O2/c12-11(13,9(14)15)10(6-7-10)8-4-2-1-3-5-8/h1-5H,6-7H2,(H,14,15). The number of benzene rings is 1. The zero-order valence-electron chi connectivity index (χ0n) is 7.91. The minimum Gasteiger partial charge on any atom is -0.477 e. The summed E-state index contributed by atoms with van der Waals surface area (Å²) >= 11 is 0. The van der Waals surface area contributed by atoms with Crippen LogP contribution in [0.1, 0.15) is 18.4 Å². The van der Waals surface area contributed by atoms with Crippen molar-refractivity contribution in [2.24, 2.45) is 0 Å². The molecule has 0 atom stereocenters. The lowest BCUT2D eigenvalue weighted by atomic mass is 9.89. The molecule has 1 saturated carbocycles. The van der Waals surface area contributed by atoms with Gasteiger partial charge in [-0.05, 0) is 18.4 Å². The molecule has 0 aromatic heterocycles. The zero-order valence-corrected chi connectivity index (χ0v) is 7.91. The summed E-state index contributed by atoms with van der Waals surface area (Å²) in [6, 6.07) is 8.13. The largest absolute Gasteiger partial charge is 0.477 e. The molecule has 15 heavy (non-hydrogen) atoms. The van der Waals surface area contributed by atoms with Gasteiger partial charge in [0.25, 0.3) is 0 Å². The number of hydrogen-bond donors (Lipinski definition) is 1. The highest BCUT2D eigenvalue weighted by Crippen LogP contribution is 2.58. The number of alkyl halides is 2. The van der Waals surface area contributed by atoms with E-state index in [0.29, 0.717) is 5.56 Å². The van der Waals surface area contributed by atoms with Crippen LogP contribution >= 0.6 is 0 Å². The van der Waals surface area contributed by atoms with E-state index in [0.717, 1.165) is 0 Å². The molecule has 0 spiro atoms. The number of halogens is 2. The third-order valence-electron chi connectivity index (χ3n) is 2.95. The van der Waals surface area contributed by atoms with Crippen molar-refractivity contribution in [2.75, 3.05) is 0 Å². The van der Waals surface area contributed by atoms with E-state index < -0.39 is 17.3 Å². The summed E-state index contributed by atoms with van der Waals surface area (Å²) in [4.78, 5) is 10.5. The van der Waals surface area contributed by atoms with Crippen LogP contribution in [0.15, 0.2) is 30.3 Å². The Morgan fingerprint density at radius 1 is 1.27 bits per heavy atom. The van der Waals surface area contributed by atoms with Gasteiger partial charge in [0.05, 0.1) is 5.41 Å². The number of carbonyl (C=O) groups is 1. The molecule has 1 aliphatic rings. The second kappa shape index (κ2) is 3.02. The van der Waals surface area contributed by atoms with Crippen LogP contribution in [-0.4, -0.2) is 17.0 Å². The number of hydrogen-bond acceptors (Lipinski definition) is 1.